The molecule has 2 aromatic carbocycles. The van der Waals surface area contributed by atoms with Gasteiger partial charge in [-0.3, -0.25) is 0 Å². The van der Waals surface area contributed by atoms with Gasteiger partial charge in [-0.1, -0.05) is 30.3 Å². The maximum atomic E-state index is 13.5. The van der Waals surface area contributed by atoms with E-state index in [2.05, 4.69) is 5.32 Å². The highest BCUT2D eigenvalue weighted by Gasteiger charge is 2.30. The predicted octanol–water partition coefficient (Wildman–Crippen LogP) is 3.11. The summed E-state index contributed by atoms with van der Waals surface area (Å²) in [6.07, 6.45) is -0.634. The molecule has 2 aromatic rings. The summed E-state index contributed by atoms with van der Waals surface area (Å²) in [5.41, 5.74) is 1.56. The van der Waals surface area contributed by atoms with Gasteiger partial charge >= 0.3 is 5.97 Å². The smallest absolute Gasteiger partial charge is 0.340 e. The van der Waals surface area contributed by atoms with Gasteiger partial charge in [-0.2, -0.15) is 0 Å². The van der Waals surface area contributed by atoms with E-state index >= 15 is 0 Å². The molecule has 1 atom stereocenters. The summed E-state index contributed by atoms with van der Waals surface area (Å²) < 4.78 is 18.7. The number of fused-ring (bicyclic) bond motifs is 1. The molecule has 4 heteroatoms. The fourth-order valence-electron chi connectivity index (χ4n) is 1.97. The van der Waals surface area contributed by atoms with Gasteiger partial charge in [0.2, 0.25) is 6.23 Å². The molecule has 0 aliphatic carbocycles. The van der Waals surface area contributed by atoms with Gasteiger partial charge in [-0.15, -0.1) is 0 Å². The predicted molar refractivity (Wildman–Crippen MR) is 64.6 cm³/mol. The van der Waals surface area contributed by atoms with E-state index < -0.39 is 6.23 Å². The minimum Gasteiger partial charge on any atom is -0.434 e. The molecule has 0 saturated heterocycles. The molecule has 1 aliphatic rings. The number of rotatable bonds is 2. The summed E-state index contributed by atoms with van der Waals surface area (Å²) in [5, 5.41) is 2.88. The topological polar surface area (TPSA) is 38.3 Å². The van der Waals surface area contributed by atoms with Crippen LogP contribution in [0.15, 0.2) is 48.5 Å². The van der Waals surface area contributed by atoms with E-state index in [1.165, 1.54) is 6.07 Å². The molecule has 18 heavy (non-hydrogen) atoms. The molecule has 0 saturated carbocycles. The quantitative estimate of drug-likeness (QED) is 0.823. The molecular weight excluding hydrogens is 233 g/mol. The first-order valence-electron chi connectivity index (χ1n) is 5.56. The van der Waals surface area contributed by atoms with E-state index in [1.807, 2.05) is 6.07 Å². The Morgan fingerprint density at radius 3 is 2.61 bits per heavy atom. The molecule has 0 bridgehead atoms. The molecule has 1 N–H and O–H groups in total. The maximum Gasteiger partial charge on any atom is 0.340 e. The fraction of sp³-hybridized carbons (Fsp3) is 0.0714. The minimum absolute atomic E-state index is 0.312. The Kier molecular flexibility index (Phi) is 2.48. The molecule has 0 fully saturated rings. The highest BCUT2D eigenvalue weighted by Crippen LogP contribution is 2.31. The van der Waals surface area contributed by atoms with Crippen molar-refractivity contribution < 1.29 is 13.9 Å². The second kappa shape index (κ2) is 4.14. The van der Waals surface area contributed by atoms with Crippen LogP contribution in [0.5, 0.6) is 0 Å². The lowest BCUT2D eigenvalue weighted by Gasteiger charge is -2.14. The third-order valence-electron chi connectivity index (χ3n) is 2.85. The van der Waals surface area contributed by atoms with E-state index in [9.17, 15) is 9.18 Å². The Labute approximate surface area is 103 Å². The number of hydrogen-bond acceptors (Lipinski definition) is 3. The second-order valence-corrected chi connectivity index (χ2v) is 4.00. The van der Waals surface area contributed by atoms with Gasteiger partial charge in [0.1, 0.15) is 5.82 Å². The molecule has 0 radical (unpaired) electrons. The largest absolute Gasteiger partial charge is 0.434 e. The Morgan fingerprint density at radius 1 is 1.06 bits per heavy atom. The lowest BCUT2D eigenvalue weighted by atomic mass is 10.1. The maximum absolute atomic E-state index is 13.5. The number of carbonyl (C=O) groups excluding carboxylic acids is 1. The number of carbonyl (C=O) groups is 1. The monoisotopic (exact) mass is 243 g/mol. The number of cyclic esters (lactones) is 1. The Bertz CT molecular complexity index is 612. The summed E-state index contributed by atoms with van der Waals surface area (Å²) in [5.74, 6) is -0.766. The van der Waals surface area contributed by atoms with Crippen LogP contribution < -0.4 is 5.32 Å². The van der Waals surface area contributed by atoms with E-state index in [4.69, 9.17) is 4.74 Å². The number of hydrogen-bond donors (Lipinski definition) is 1. The lowest BCUT2D eigenvalue weighted by Crippen LogP contribution is -2.11. The van der Waals surface area contributed by atoms with Crippen molar-refractivity contribution in [3.05, 3.63) is 65.5 Å². The molecular formula is C14H10FNO2. The van der Waals surface area contributed by atoms with Crippen molar-refractivity contribution in [1.29, 1.82) is 0 Å². The van der Waals surface area contributed by atoms with Gasteiger partial charge in [0.05, 0.1) is 11.3 Å². The molecule has 1 heterocycles. The molecule has 3 nitrogen and oxygen atoms in total. The Hall–Kier alpha value is -2.36. The minimum atomic E-state index is -0.634. The zero-order valence-corrected chi connectivity index (χ0v) is 9.39. The highest BCUT2D eigenvalue weighted by molar-refractivity contribution is 5.94. The Morgan fingerprint density at radius 2 is 1.78 bits per heavy atom. The Balaban J connectivity index is 1.92. The summed E-state index contributed by atoms with van der Waals surface area (Å²) >= 11 is 0. The number of para-hydroxylation sites is 1. The van der Waals surface area contributed by atoms with Crippen LogP contribution in [0.3, 0.4) is 0 Å². The summed E-state index contributed by atoms with van der Waals surface area (Å²) in [7, 11) is 0. The van der Waals surface area contributed by atoms with Gasteiger partial charge in [-0.05, 0) is 18.2 Å². The van der Waals surface area contributed by atoms with Crippen molar-refractivity contribution in [2.24, 2.45) is 0 Å². The summed E-state index contributed by atoms with van der Waals surface area (Å²) in [6.45, 7) is 0. The van der Waals surface area contributed by atoms with Crippen LogP contribution in [0.4, 0.5) is 10.1 Å². The SMILES string of the molecule is O=C1OC(Nc2ccccc2F)c2ccccc21. The first kappa shape index (κ1) is 10.8. The van der Waals surface area contributed by atoms with E-state index in [-0.39, 0.29) is 11.8 Å². The van der Waals surface area contributed by atoms with Crippen molar-refractivity contribution in [2.45, 2.75) is 6.23 Å². The van der Waals surface area contributed by atoms with Gasteiger partial charge in [0.15, 0.2) is 0 Å². The fourth-order valence-corrected chi connectivity index (χ4v) is 1.97. The number of nitrogens with one attached hydrogen (secondary N) is 1. The van der Waals surface area contributed by atoms with Crippen LogP contribution in [-0.2, 0) is 4.74 Å². The zero-order valence-electron chi connectivity index (χ0n) is 9.39. The van der Waals surface area contributed by atoms with E-state index in [0.29, 0.717) is 11.3 Å². The zero-order chi connectivity index (χ0) is 12.5. The molecule has 1 aliphatic heterocycles. The van der Waals surface area contributed by atoms with Crippen molar-refractivity contribution >= 4 is 11.7 Å². The third-order valence-corrected chi connectivity index (χ3v) is 2.85. The van der Waals surface area contributed by atoms with E-state index in [0.717, 1.165) is 5.56 Å². The average Bonchev–Trinajstić information content (AvgIpc) is 2.70. The molecule has 0 aromatic heterocycles. The van der Waals surface area contributed by atoms with Crippen LogP contribution in [0.1, 0.15) is 22.1 Å². The van der Waals surface area contributed by atoms with Gasteiger partial charge in [0, 0.05) is 5.56 Å². The van der Waals surface area contributed by atoms with Gasteiger partial charge < -0.3 is 10.1 Å². The molecule has 0 spiro atoms. The number of benzene rings is 2. The van der Waals surface area contributed by atoms with Crippen LogP contribution in [0.25, 0.3) is 0 Å². The normalized spacial score (nSPS) is 17.2. The van der Waals surface area contributed by atoms with E-state index in [1.54, 1.807) is 36.4 Å². The first-order chi connectivity index (χ1) is 8.75. The van der Waals surface area contributed by atoms with Crippen molar-refractivity contribution in [1.82, 2.24) is 0 Å². The van der Waals surface area contributed by atoms with Gasteiger partial charge in [0.25, 0.3) is 0 Å². The van der Waals surface area contributed by atoms with Crippen molar-refractivity contribution in [2.75, 3.05) is 5.32 Å². The van der Waals surface area contributed by atoms with Crippen LogP contribution in [0, 0.1) is 5.82 Å². The number of anilines is 1. The number of halogens is 1. The molecule has 3 rings (SSSR count). The highest BCUT2D eigenvalue weighted by atomic mass is 19.1. The standard InChI is InChI=1S/C14H10FNO2/c15-11-7-3-4-8-12(11)16-13-9-5-1-2-6-10(9)14(17)18-13/h1-8,13,16H. The summed E-state index contributed by atoms with van der Waals surface area (Å²) in [4.78, 5) is 11.6. The van der Waals surface area contributed by atoms with Crippen molar-refractivity contribution in [3.8, 4) is 0 Å². The first-order valence-corrected chi connectivity index (χ1v) is 5.56. The van der Waals surface area contributed by atoms with Crippen LogP contribution >= 0.6 is 0 Å². The number of ether oxygens (including phenoxy) is 1. The molecule has 90 valence electrons. The van der Waals surface area contributed by atoms with Crippen LogP contribution in [0.2, 0.25) is 0 Å². The second-order valence-electron chi connectivity index (χ2n) is 4.00. The lowest BCUT2D eigenvalue weighted by molar-refractivity contribution is 0.0436. The average molecular weight is 243 g/mol. The van der Waals surface area contributed by atoms with Crippen molar-refractivity contribution in [3.63, 3.8) is 0 Å². The van der Waals surface area contributed by atoms with Crippen LogP contribution in [-0.4, -0.2) is 5.97 Å². The summed E-state index contributed by atoms with van der Waals surface area (Å²) in [6, 6.07) is 13.3. The molecule has 0 amide bonds. The third kappa shape index (κ3) is 1.72. The number of esters is 1. The van der Waals surface area contributed by atoms with Gasteiger partial charge in [-0.25, -0.2) is 9.18 Å². The molecule has 1 unspecified atom stereocenters.